The predicted octanol–water partition coefficient (Wildman–Crippen LogP) is 2.37. The SMILES string of the molecule is Nc1cccnc1CNCCCCNCc1ncccc1Cl. The van der Waals surface area contributed by atoms with Gasteiger partial charge < -0.3 is 16.4 Å². The molecule has 2 rings (SSSR count). The molecule has 2 aromatic heterocycles. The van der Waals surface area contributed by atoms with Crippen LogP contribution in [0, 0.1) is 0 Å². The van der Waals surface area contributed by atoms with Gasteiger partial charge in [-0.2, -0.15) is 0 Å². The zero-order valence-electron chi connectivity index (χ0n) is 12.6. The number of aromatic nitrogens is 2. The quantitative estimate of drug-likeness (QED) is 0.619. The lowest BCUT2D eigenvalue weighted by Crippen LogP contribution is -2.20. The number of hydrogen-bond donors (Lipinski definition) is 3. The van der Waals surface area contributed by atoms with Gasteiger partial charge >= 0.3 is 0 Å². The second-order valence-electron chi connectivity index (χ2n) is 5.03. The van der Waals surface area contributed by atoms with Crippen molar-refractivity contribution in [1.29, 1.82) is 0 Å². The number of halogens is 1. The first-order valence-corrected chi connectivity index (χ1v) is 7.85. The van der Waals surface area contributed by atoms with E-state index in [1.54, 1.807) is 12.4 Å². The molecular formula is C16H22ClN5. The Morgan fingerprint density at radius 1 is 0.909 bits per heavy atom. The Hall–Kier alpha value is -1.69. The molecule has 22 heavy (non-hydrogen) atoms. The van der Waals surface area contributed by atoms with E-state index in [9.17, 15) is 0 Å². The molecule has 2 aromatic rings. The highest BCUT2D eigenvalue weighted by molar-refractivity contribution is 6.31. The van der Waals surface area contributed by atoms with Crippen molar-refractivity contribution in [3.05, 3.63) is 53.1 Å². The summed E-state index contributed by atoms with van der Waals surface area (Å²) in [6.45, 7) is 3.31. The Morgan fingerprint density at radius 2 is 1.50 bits per heavy atom. The molecule has 5 nitrogen and oxygen atoms in total. The van der Waals surface area contributed by atoms with Crippen LogP contribution in [0.15, 0.2) is 36.7 Å². The van der Waals surface area contributed by atoms with Crippen LogP contribution < -0.4 is 16.4 Å². The van der Waals surface area contributed by atoms with Gasteiger partial charge in [0.25, 0.3) is 0 Å². The molecule has 0 fully saturated rings. The lowest BCUT2D eigenvalue weighted by molar-refractivity contribution is 0.577. The molecule has 118 valence electrons. The average Bonchev–Trinajstić information content (AvgIpc) is 2.53. The summed E-state index contributed by atoms with van der Waals surface area (Å²) in [5.74, 6) is 0. The van der Waals surface area contributed by atoms with E-state index in [1.807, 2.05) is 24.3 Å². The number of nitrogens with one attached hydrogen (secondary N) is 2. The summed E-state index contributed by atoms with van der Waals surface area (Å²) in [5.41, 5.74) is 8.38. The Labute approximate surface area is 136 Å². The van der Waals surface area contributed by atoms with Crippen molar-refractivity contribution in [3.8, 4) is 0 Å². The minimum absolute atomic E-state index is 0.706. The van der Waals surface area contributed by atoms with Gasteiger partial charge in [-0.05, 0) is 50.2 Å². The fourth-order valence-corrected chi connectivity index (χ4v) is 2.25. The van der Waals surface area contributed by atoms with E-state index in [4.69, 9.17) is 17.3 Å². The Balaban J connectivity index is 1.51. The maximum Gasteiger partial charge on any atom is 0.0770 e. The molecule has 2 heterocycles. The van der Waals surface area contributed by atoms with Gasteiger partial charge in [-0.25, -0.2) is 0 Å². The second kappa shape index (κ2) is 9.35. The minimum atomic E-state index is 0.706. The third-order valence-corrected chi connectivity index (χ3v) is 3.65. The molecule has 0 aliphatic rings. The summed E-state index contributed by atoms with van der Waals surface area (Å²) < 4.78 is 0. The molecule has 0 radical (unpaired) electrons. The minimum Gasteiger partial charge on any atom is -0.397 e. The molecule has 0 atom stereocenters. The van der Waals surface area contributed by atoms with E-state index < -0.39 is 0 Å². The number of pyridine rings is 2. The van der Waals surface area contributed by atoms with Crippen molar-refractivity contribution in [2.45, 2.75) is 25.9 Å². The maximum absolute atomic E-state index is 6.05. The fourth-order valence-electron chi connectivity index (χ4n) is 2.06. The van der Waals surface area contributed by atoms with Gasteiger partial charge in [0.2, 0.25) is 0 Å². The van der Waals surface area contributed by atoms with Gasteiger partial charge in [-0.15, -0.1) is 0 Å². The van der Waals surface area contributed by atoms with Crippen molar-refractivity contribution in [1.82, 2.24) is 20.6 Å². The lowest BCUT2D eigenvalue weighted by atomic mass is 10.2. The van der Waals surface area contributed by atoms with Crippen LogP contribution in [0.25, 0.3) is 0 Å². The molecule has 0 aliphatic carbocycles. The summed E-state index contributed by atoms with van der Waals surface area (Å²) >= 11 is 6.05. The molecule has 0 spiro atoms. The summed E-state index contributed by atoms with van der Waals surface area (Å²) in [6, 6.07) is 7.42. The van der Waals surface area contributed by atoms with Crippen molar-refractivity contribution < 1.29 is 0 Å². The van der Waals surface area contributed by atoms with Crippen molar-refractivity contribution >= 4 is 17.3 Å². The van der Waals surface area contributed by atoms with Crippen LogP contribution in [0.1, 0.15) is 24.2 Å². The number of rotatable bonds is 9. The van der Waals surface area contributed by atoms with Crippen molar-refractivity contribution in [2.75, 3.05) is 18.8 Å². The smallest absolute Gasteiger partial charge is 0.0770 e. The van der Waals surface area contributed by atoms with E-state index in [0.717, 1.165) is 43.0 Å². The van der Waals surface area contributed by atoms with Crippen LogP contribution >= 0.6 is 11.6 Å². The Morgan fingerprint density at radius 3 is 2.14 bits per heavy atom. The first kappa shape index (κ1) is 16.7. The largest absolute Gasteiger partial charge is 0.397 e. The molecule has 0 amide bonds. The molecule has 0 aliphatic heterocycles. The molecule has 0 saturated heterocycles. The number of nitrogens with zero attached hydrogens (tertiary/aromatic N) is 2. The van der Waals surface area contributed by atoms with Crippen LogP contribution in [0.4, 0.5) is 5.69 Å². The van der Waals surface area contributed by atoms with E-state index in [2.05, 4.69) is 20.6 Å². The van der Waals surface area contributed by atoms with Crippen LogP contribution in [0.5, 0.6) is 0 Å². The van der Waals surface area contributed by atoms with Crippen LogP contribution in [0.2, 0.25) is 5.02 Å². The topological polar surface area (TPSA) is 75.9 Å². The zero-order valence-corrected chi connectivity index (χ0v) is 13.3. The Kier molecular flexibility index (Phi) is 7.09. The third kappa shape index (κ3) is 5.60. The zero-order chi connectivity index (χ0) is 15.6. The lowest BCUT2D eigenvalue weighted by Gasteiger charge is -2.07. The molecule has 0 bridgehead atoms. The summed E-state index contributed by atoms with van der Waals surface area (Å²) in [5, 5.41) is 7.42. The van der Waals surface area contributed by atoms with Crippen LogP contribution in [-0.4, -0.2) is 23.1 Å². The molecule has 0 unspecified atom stereocenters. The van der Waals surface area contributed by atoms with Crippen LogP contribution in [-0.2, 0) is 13.1 Å². The molecule has 6 heteroatoms. The van der Waals surface area contributed by atoms with Gasteiger partial charge in [-0.1, -0.05) is 11.6 Å². The number of hydrogen-bond acceptors (Lipinski definition) is 5. The standard InChI is InChI=1S/C16H22ClN5/c17-13-5-3-9-21-15(13)11-19-7-1-2-8-20-12-16-14(18)6-4-10-22-16/h3-6,9-10,19-20H,1-2,7-8,11-12,18H2. The van der Waals surface area contributed by atoms with Gasteiger partial charge in [0.05, 0.1) is 22.1 Å². The normalized spacial score (nSPS) is 10.8. The molecular weight excluding hydrogens is 298 g/mol. The first-order chi connectivity index (χ1) is 10.8. The molecule has 0 saturated carbocycles. The molecule has 4 N–H and O–H groups in total. The van der Waals surface area contributed by atoms with Gasteiger partial charge in [-0.3, -0.25) is 9.97 Å². The van der Waals surface area contributed by atoms with Crippen molar-refractivity contribution in [2.24, 2.45) is 0 Å². The van der Waals surface area contributed by atoms with Crippen LogP contribution in [0.3, 0.4) is 0 Å². The first-order valence-electron chi connectivity index (χ1n) is 7.47. The number of nitrogen functional groups attached to an aromatic ring is 1. The van der Waals surface area contributed by atoms with E-state index in [1.165, 1.54) is 0 Å². The van der Waals surface area contributed by atoms with E-state index in [-0.39, 0.29) is 0 Å². The highest BCUT2D eigenvalue weighted by atomic mass is 35.5. The summed E-state index contributed by atoms with van der Waals surface area (Å²) in [4.78, 5) is 8.49. The number of unbranched alkanes of at least 4 members (excludes halogenated alkanes) is 1. The van der Waals surface area contributed by atoms with Gasteiger partial charge in [0.1, 0.15) is 0 Å². The third-order valence-electron chi connectivity index (χ3n) is 3.30. The predicted molar refractivity (Wildman–Crippen MR) is 90.5 cm³/mol. The monoisotopic (exact) mass is 319 g/mol. The van der Waals surface area contributed by atoms with Gasteiger partial charge in [0, 0.05) is 25.5 Å². The van der Waals surface area contributed by atoms with Crippen molar-refractivity contribution in [3.63, 3.8) is 0 Å². The highest BCUT2D eigenvalue weighted by Gasteiger charge is 2.00. The Bertz CT molecular complexity index is 524. The highest BCUT2D eigenvalue weighted by Crippen LogP contribution is 2.11. The summed E-state index contributed by atoms with van der Waals surface area (Å²) in [7, 11) is 0. The average molecular weight is 320 g/mol. The second-order valence-corrected chi connectivity index (χ2v) is 5.44. The van der Waals surface area contributed by atoms with Gasteiger partial charge in [0.15, 0.2) is 0 Å². The summed E-state index contributed by atoms with van der Waals surface area (Å²) in [6.07, 6.45) is 5.71. The maximum atomic E-state index is 6.05. The molecule has 0 aromatic carbocycles. The van der Waals surface area contributed by atoms with E-state index in [0.29, 0.717) is 18.1 Å². The number of anilines is 1. The number of nitrogens with two attached hydrogens (primary N) is 1. The van der Waals surface area contributed by atoms with E-state index >= 15 is 0 Å². The fraction of sp³-hybridized carbons (Fsp3) is 0.375.